The summed E-state index contributed by atoms with van der Waals surface area (Å²) in [6.07, 6.45) is 0. The second-order valence-electron chi connectivity index (χ2n) is 4.87. The van der Waals surface area contributed by atoms with Crippen molar-refractivity contribution in [2.45, 2.75) is 6.54 Å². The molecule has 0 amide bonds. The molecule has 0 fully saturated rings. The Hall–Kier alpha value is -1.91. The normalized spacial score (nSPS) is 14.1. The van der Waals surface area contributed by atoms with Crippen molar-refractivity contribution in [3.8, 4) is 0 Å². The summed E-state index contributed by atoms with van der Waals surface area (Å²) in [5, 5.41) is 2.94. The molecule has 3 nitrogen and oxygen atoms in total. The summed E-state index contributed by atoms with van der Waals surface area (Å²) < 4.78 is 0.978. The molecule has 0 saturated heterocycles. The van der Waals surface area contributed by atoms with E-state index >= 15 is 0 Å². The fraction of sp³-hybridized carbons (Fsp3) is 0.0588. The van der Waals surface area contributed by atoms with E-state index in [0.717, 1.165) is 10.0 Å². The minimum absolute atomic E-state index is 0.0548. The van der Waals surface area contributed by atoms with E-state index in [0.29, 0.717) is 17.7 Å². The SMILES string of the molecule is O=C1C(Cl)=C(NCc2ccc(Br)cc2)C(=O)c2ccccc21. The first kappa shape index (κ1) is 15.0. The van der Waals surface area contributed by atoms with Crippen LogP contribution in [0.5, 0.6) is 0 Å². The Kier molecular flexibility index (Phi) is 4.14. The van der Waals surface area contributed by atoms with Crippen LogP contribution in [0.25, 0.3) is 0 Å². The molecule has 0 radical (unpaired) electrons. The number of Topliss-reactive ketones (excluding diaryl/α,β-unsaturated/α-hetero) is 2. The molecule has 0 saturated carbocycles. The van der Waals surface area contributed by atoms with E-state index in [9.17, 15) is 9.59 Å². The van der Waals surface area contributed by atoms with Crippen LogP contribution < -0.4 is 5.32 Å². The molecule has 2 aromatic carbocycles. The van der Waals surface area contributed by atoms with Gasteiger partial charge >= 0.3 is 0 Å². The molecule has 0 aliphatic heterocycles. The molecule has 0 heterocycles. The monoisotopic (exact) mass is 375 g/mol. The van der Waals surface area contributed by atoms with Gasteiger partial charge < -0.3 is 5.32 Å². The zero-order valence-electron chi connectivity index (χ0n) is 11.4. The van der Waals surface area contributed by atoms with E-state index < -0.39 is 0 Å². The molecule has 1 aliphatic carbocycles. The molecule has 0 unspecified atom stereocenters. The van der Waals surface area contributed by atoms with Gasteiger partial charge in [0.05, 0.1) is 0 Å². The Balaban J connectivity index is 1.87. The molecular formula is C17H11BrClNO2. The maximum absolute atomic E-state index is 12.5. The summed E-state index contributed by atoms with van der Waals surface area (Å²) in [5.41, 5.74) is 1.88. The highest BCUT2D eigenvalue weighted by Gasteiger charge is 2.30. The number of halogens is 2. The van der Waals surface area contributed by atoms with E-state index in [-0.39, 0.29) is 22.3 Å². The van der Waals surface area contributed by atoms with Gasteiger partial charge in [0, 0.05) is 22.1 Å². The quantitative estimate of drug-likeness (QED) is 0.878. The number of fused-ring (bicyclic) bond motifs is 1. The molecule has 5 heteroatoms. The molecule has 22 heavy (non-hydrogen) atoms. The maximum atomic E-state index is 12.5. The van der Waals surface area contributed by atoms with Crippen molar-refractivity contribution in [1.82, 2.24) is 5.32 Å². The highest BCUT2D eigenvalue weighted by molar-refractivity contribution is 9.10. The standard InChI is InChI=1S/C17H11BrClNO2/c18-11-7-5-10(6-8-11)9-20-15-14(19)16(21)12-3-1-2-4-13(12)17(15)22/h1-8,20H,9H2. The Morgan fingerprint density at radius 2 is 1.50 bits per heavy atom. The lowest BCUT2D eigenvalue weighted by Crippen LogP contribution is -2.28. The smallest absolute Gasteiger partial charge is 0.211 e. The number of rotatable bonds is 3. The van der Waals surface area contributed by atoms with Crippen molar-refractivity contribution >= 4 is 39.1 Å². The van der Waals surface area contributed by atoms with Crippen LogP contribution >= 0.6 is 27.5 Å². The van der Waals surface area contributed by atoms with E-state index in [1.165, 1.54) is 0 Å². The van der Waals surface area contributed by atoms with E-state index in [1.807, 2.05) is 24.3 Å². The van der Waals surface area contributed by atoms with Crippen LogP contribution in [-0.2, 0) is 6.54 Å². The minimum atomic E-state index is -0.324. The maximum Gasteiger partial charge on any atom is 0.211 e. The van der Waals surface area contributed by atoms with E-state index in [1.54, 1.807) is 24.3 Å². The second-order valence-corrected chi connectivity index (χ2v) is 6.17. The van der Waals surface area contributed by atoms with Gasteiger partial charge in [-0.05, 0) is 17.7 Å². The van der Waals surface area contributed by atoms with Gasteiger partial charge in [-0.15, -0.1) is 0 Å². The van der Waals surface area contributed by atoms with Crippen LogP contribution in [0.1, 0.15) is 26.3 Å². The number of allylic oxidation sites excluding steroid dienone is 2. The van der Waals surface area contributed by atoms with Crippen LogP contribution in [-0.4, -0.2) is 11.6 Å². The largest absolute Gasteiger partial charge is 0.376 e. The van der Waals surface area contributed by atoms with Gasteiger partial charge in [0.15, 0.2) is 0 Å². The Labute approximate surface area is 141 Å². The average molecular weight is 377 g/mol. The van der Waals surface area contributed by atoms with Crippen molar-refractivity contribution in [2.75, 3.05) is 0 Å². The summed E-state index contributed by atoms with van der Waals surface area (Å²) in [5.74, 6) is -0.576. The van der Waals surface area contributed by atoms with Crippen LogP contribution in [0.4, 0.5) is 0 Å². The molecular weight excluding hydrogens is 366 g/mol. The molecule has 2 aromatic rings. The highest BCUT2D eigenvalue weighted by atomic mass is 79.9. The van der Waals surface area contributed by atoms with E-state index in [4.69, 9.17) is 11.6 Å². The van der Waals surface area contributed by atoms with Crippen LogP contribution in [0, 0.1) is 0 Å². The fourth-order valence-corrected chi connectivity index (χ4v) is 2.81. The molecule has 0 spiro atoms. The van der Waals surface area contributed by atoms with Crippen molar-refractivity contribution < 1.29 is 9.59 Å². The zero-order valence-corrected chi connectivity index (χ0v) is 13.7. The van der Waals surface area contributed by atoms with Crippen molar-refractivity contribution in [1.29, 1.82) is 0 Å². The summed E-state index contributed by atoms with van der Waals surface area (Å²) in [6, 6.07) is 14.4. The first-order valence-electron chi connectivity index (χ1n) is 6.64. The van der Waals surface area contributed by atoms with Gasteiger partial charge in [-0.25, -0.2) is 0 Å². The molecule has 3 rings (SSSR count). The number of carbonyl (C=O) groups is 2. The summed E-state index contributed by atoms with van der Waals surface area (Å²) in [6.45, 7) is 0.417. The summed E-state index contributed by atoms with van der Waals surface area (Å²) in [7, 11) is 0. The zero-order chi connectivity index (χ0) is 15.7. The number of hydrogen-bond acceptors (Lipinski definition) is 3. The summed E-state index contributed by atoms with van der Waals surface area (Å²) >= 11 is 9.45. The molecule has 110 valence electrons. The number of ketones is 2. The lowest BCUT2D eigenvalue weighted by molar-refractivity contribution is 0.0974. The number of carbonyl (C=O) groups excluding carboxylic acids is 2. The predicted molar refractivity (Wildman–Crippen MR) is 89.0 cm³/mol. The van der Waals surface area contributed by atoms with E-state index in [2.05, 4.69) is 21.2 Å². The van der Waals surface area contributed by atoms with Crippen molar-refractivity contribution in [3.63, 3.8) is 0 Å². The van der Waals surface area contributed by atoms with Crippen molar-refractivity contribution in [3.05, 3.63) is 80.4 Å². The first-order chi connectivity index (χ1) is 10.6. The van der Waals surface area contributed by atoms with Crippen LogP contribution in [0.3, 0.4) is 0 Å². The van der Waals surface area contributed by atoms with Gasteiger partial charge in [-0.3, -0.25) is 9.59 Å². The second kappa shape index (κ2) is 6.07. The Bertz CT molecular complexity index is 797. The number of nitrogens with one attached hydrogen (secondary N) is 1. The highest BCUT2D eigenvalue weighted by Crippen LogP contribution is 2.27. The topological polar surface area (TPSA) is 46.2 Å². The van der Waals surface area contributed by atoms with Crippen molar-refractivity contribution in [2.24, 2.45) is 0 Å². The Morgan fingerprint density at radius 1 is 0.909 bits per heavy atom. The molecule has 0 bridgehead atoms. The summed E-state index contributed by atoms with van der Waals surface area (Å²) in [4.78, 5) is 24.7. The van der Waals surface area contributed by atoms with Gasteiger partial charge in [0.1, 0.15) is 10.7 Å². The molecule has 1 N–H and O–H groups in total. The minimum Gasteiger partial charge on any atom is -0.376 e. The third-order valence-electron chi connectivity index (χ3n) is 3.44. The Morgan fingerprint density at radius 3 is 2.14 bits per heavy atom. The third-order valence-corrected chi connectivity index (χ3v) is 4.33. The van der Waals surface area contributed by atoms with Crippen LogP contribution in [0.2, 0.25) is 0 Å². The first-order valence-corrected chi connectivity index (χ1v) is 7.81. The van der Waals surface area contributed by atoms with Gasteiger partial charge in [0.2, 0.25) is 11.6 Å². The van der Waals surface area contributed by atoms with Crippen LogP contribution in [0.15, 0.2) is 63.7 Å². The van der Waals surface area contributed by atoms with Gasteiger partial charge in [-0.2, -0.15) is 0 Å². The van der Waals surface area contributed by atoms with Gasteiger partial charge in [-0.1, -0.05) is 63.9 Å². The molecule has 0 aromatic heterocycles. The molecule has 1 aliphatic rings. The molecule has 0 atom stereocenters. The predicted octanol–water partition coefficient (Wildman–Crippen LogP) is 4.07. The number of hydrogen-bond donors (Lipinski definition) is 1. The fourth-order valence-electron chi connectivity index (χ4n) is 2.30. The lowest BCUT2D eigenvalue weighted by atomic mass is 9.92. The third kappa shape index (κ3) is 2.72. The van der Waals surface area contributed by atoms with Gasteiger partial charge in [0.25, 0.3) is 0 Å². The average Bonchev–Trinajstić information content (AvgIpc) is 2.54. The lowest BCUT2D eigenvalue weighted by Gasteiger charge is -2.18. The number of benzene rings is 2.